The second-order valence-electron chi connectivity index (χ2n) is 5.43. The number of hydrogen-bond donors (Lipinski definition) is 0. The number of nitrogens with zero attached hydrogens (tertiary/aromatic N) is 3. The second kappa shape index (κ2) is 5.66. The fourth-order valence-electron chi connectivity index (χ4n) is 3.13. The Morgan fingerprint density at radius 3 is 3.00 bits per heavy atom. The number of carbonyl (C=O) groups is 1. The number of aromatic nitrogens is 1. The van der Waals surface area contributed by atoms with Crippen LogP contribution in [-0.2, 0) is 0 Å². The second-order valence-corrected chi connectivity index (χ2v) is 5.79. The zero-order valence-corrected chi connectivity index (χ0v) is 11.9. The highest BCUT2D eigenvalue weighted by Gasteiger charge is 2.31. The van der Waals surface area contributed by atoms with E-state index in [0.717, 1.165) is 32.1 Å². The van der Waals surface area contributed by atoms with Crippen molar-refractivity contribution in [2.24, 2.45) is 0 Å². The maximum absolute atomic E-state index is 13.3. The van der Waals surface area contributed by atoms with E-state index in [0.29, 0.717) is 19.1 Å². The Bertz CT molecular complexity index is 525. The van der Waals surface area contributed by atoms with Gasteiger partial charge in [0.1, 0.15) is 11.0 Å². The molecule has 1 aromatic heterocycles. The van der Waals surface area contributed by atoms with Crippen molar-refractivity contribution >= 4 is 17.5 Å². The maximum atomic E-state index is 13.3. The molecule has 0 spiro atoms. The molecule has 20 heavy (non-hydrogen) atoms. The van der Waals surface area contributed by atoms with Crippen molar-refractivity contribution in [3.05, 3.63) is 28.8 Å². The summed E-state index contributed by atoms with van der Waals surface area (Å²) in [6, 6.07) is 1.61. The fourth-order valence-corrected chi connectivity index (χ4v) is 3.32. The van der Waals surface area contributed by atoms with Gasteiger partial charge in [-0.25, -0.2) is 9.37 Å². The molecule has 1 aromatic rings. The van der Waals surface area contributed by atoms with Gasteiger partial charge in [0.15, 0.2) is 0 Å². The van der Waals surface area contributed by atoms with Gasteiger partial charge in [0.25, 0.3) is 5.91 Å². The van der Waals surface area contributed by atoms with Crippen molar-refractivity contribution in [3.63, 3.8) is 0 Å². The molecule has 0 aliphatic carbocycles. The van der Waals surface area contributed by atoms with Crippen LogP contribution < -0.4 is 0 Å². The van der Waals surface area contributed by atoms with Crippen LogP contribution in [0.3, 0.4) is 0 Å². The molecule has 0 saturated carbocycles. The summed E-state index contributed by atoms with van der Waals surface area (Å²) in [4.78, 5) is 20.5. The van der Waals surface area contributed by atoms with Gasteiger partial charge >= 0.3 is 0 Å². The zero-order valence-electron chi connectivity index (χ0n) is 11.2. The summed E-state index contributed by atoms with van der Waals surface area (Å²) in [5.74, 6) is -0.745. The monoisotopic (exact) mass is 297 g/mol. The van der Waals surface area contributed by atoms with E-state index in [9.17, 15) is 9.18 Å². The Balaban J connectivity index is 1.80. The molecule has 3 heterocycles. The van der Waals surface area contributed by atoms with Crippen LogP contribution in [-0.4, -0.2) is 52.9 Å². The molecule has 1 atom stereocenters. The number of fused-ring (bicyclic) bond motifs is 1. The van der Waals surface area contributed by atoms with Gasteiger partial charge in [-0.05, 0) is 31.9 Å². The summed E-state index contributed by atoms with van der Waals surface area (Å²) in [6.07, 6.45) is 4.29. The van der Waals surface area contributed by atoms with Crippen molar-refractivity contribution < 1.29 is 9.18 Å². The molecule has 4 nitrogen and oxygen atoms in total. The van der Waals surface area contributed by atoms with E-state index in [1.54, 1.807) is 4.90 Å². The van der Waals surface area contributed by atoms with E-state index in [-0.39, 0.29) is 16.6 Å². The molecule has 0 N–H and O–H groups in total. The highest BCUT2D eigenvalue weighted by molar-refractivity contribution is 6.32. The average Bonchev–Trinajstić information content (AvgIpc) is 2.78. The van der Waals surface area contributed by atoms with E-state index < -0.39 is 5.82 Å². The molecule has 2 aliphatic rings. The first-order chi connectivity index (χ1) is 9.65. The van der Waals surface area contributed by atoms with Gasteiger partial charge in [0.05, 0.1) is 11.8 Å². The Kier molecular flexibility index (Phi) is 3.89. The van der Waals surface area contributed by atoms with Crippen LogP contribution in [0.15, 0.2) is 12.3 Å². The molecule has 0 bridgehead atoms. The Morgan fingerprint density at radius 1 is 1.35 bits per heavy atom. The predicted octanol–water partition coefficient (Wildman–Crippen LogP) is 2.18. The normalized spacial score (nSPS) is 23.5. The Hall–Kier alpha value is -1.20. The maximum Gasteiger partial charge on any atom is 0.257 e. The molecule has 2 aliphatic heterocycles. The Morgan fingerprint density at radius 2 is 2.15 bits per heavy atom. The molecule has 2 fully saturated rings. The van der Waals surface area contributed by atoms with Crippen LogP contribution in [0.25, 0.3) is 0 Å². The van der Waals surface area contributed by atoms with Gasteiger partial charge in [-0.3, -0.25) is 9.69 Å². The van der Waals surface area contributed by atoms with E-state index in [1.165, 1.54) is 12.5 Å². The lowest BCUT2D eigenvalue weighted by molar-refractivity contribution is 0.0742. The van der Waals surface area contributed by atoms with E-state index in [1.807, 2.05) is 0 Å². The molecule has 1 unspecified atom stereocenters. The standard InChI is InChI=1S/C14H17ClFN3O/c15-13-12(7-10(16)8-17-13)14(20)19-6-2-5-18-4-1-3-11(18)9-19/h7-8,11H,1-6,9H2. The summed E-state index contributed by atoms with van der Waals surface area (Å²) >= 11 is 5.93. The van der Waals surface area contributed by atoms with Crippen LogP contribution in [0.2, 0.25) is 5.15 Å². The molecule has 1 amide bonds. The number of hydrogen-bond acceptors (Lipinski definition) is 3. The van der Waals surface area contributed by atoms with Gasteiger partial charge < -0.3 is 4.90 Å². The topological polar surface area (TPSA) is 36.4 Å². The lowest BCUT2D eigenvalue weighted by Crippen LogP contribution is -2.39. The van der Waals surface area contributed by atoms with Crippen molar-refractivity contribution in [3.8, 4) is 0 Å². The van der Waals surface area contributed by atoms with Crippen molar-refractivity contribution in [1.82, 2.24) is 14.8 Å². The van der Waals surface area contributed by atoms with Crippen LogP contribution in [0.4, 0.5) is 4.39 Å². The quantitative estimate of drug-likeness (QED) is 0.746. The number of pyridine rings is 1. The predicted molar refractivity (Wildman–Crippen MR) is 74.3 cm³/mol. The first-order valence-corrected chi connectivity index (χ1v) is 7.37. The van der Waals surface area contributed by atoms with Gasteiger partial charge in [-0.1, -0.05) is 11.6 Å². The first-order valence-electron chi connectivity index (χ1n) is 6.99. The van der Waals surface area contributed by atoms with E-state index in [2.05, 4.69) is 9.88 Å². The van der Waals surface area contributed by atoms with Crippen LogP contribution in [0.5, 0.6) is 0 Å². The average molecular weight is 298 g/mol. The zero-order chi connectivity index (χ0) is 14.1. The van der Waals surface area contributed by atoms with Crippen molar-refractivity contribution in [2.45, 2.75) is 25.3 Å². The van der Waals surface area contributed by atoms with Crippen molar-refractivity contribution in [2.75, 3.05) is 26.2 Å². The van der Waals surface area contributed by atoms with Crippen LogP contribution >= 0.6 is 11.6 Å². The van der Waals surface area contributed by atoms with E-state index >= 15 is 0 Å². The first kappa shape index (κ1) is 13.8. The minimum Gasteiger partial charge on any atom is -0.337 e. The van der Waals surface area contributed by atoms with Crippen LogP contribution in [0, 0.1) is 5.82 Å². The summed E-state index contributed by atoms with van der Waals surface area (Å²) < 4.78 is 13.3. The Labute approximate surface area is 122 Å². The molecule has 108 valence electrons. The third-order valence-electron chi connectivity index (χ3n) is 4.13. The van der Waals surface area contributed by atoms with Crippen LogP contribution in [0.1, 0.15) is 29.6 Å². The summed E-state index contributed by atoms with van der Waals surface area (Å²) in [5, 5.41) is 0.0731. The molecule has 6 heteroatoms. The smallest absolute Gasteiger partial charge is 0.257 e. The lowest BCUT2D eigenvalue weighted by atomic mass is 10.2. The molecule has 0 aromatic carbocycles. The largest absolute Gasteiger partial charge is 0.337 e. The van der Waals surface area contributed by atoms with E-state index in [4.69, 9.17) is 11.6 Å². The number of amides is 1. The lowest BCUT2D eigenvalue weighted by Gasteiger charge is -2.25. The summed E-state index contributed by atoms with van der Waals surface area (Å²) in [6.45, 7) is 3.54. The third kappa shape index (κ3) is 2.65. The molecular formula is C14H17ClFN3O. The highest BCUT2D eigenvalue weighted by Crippen LogP contribution is 2.23. The minimum absolute atomic E-state index is 0.0731. The molecular weight excluding hydrogens is 281 g/mol. The van der Waals surface area contributed by atoms with Gasteiger partial charge in [0.2, 0.25) is 0 Å². The summed E-state index contributed by atoms with van der Waals surface area (Å²) in [7, 11) is 0. The van der Waals surface area contributed by atoms with Crippen molar-refractivity contribution in [1.29, 1.82) is 0 Å². The van der Waals surface area contributed by atoms with Gasteiger partial charge in [0, 0.05) is 25.7 Å². The number of halogens is 2. The fraction of sp³-hybridized carbons (Fsp3) is 0.571. The highest BCUT2D eigenvalue weighted by atomic mass is 35.5. The van der Waals surface area contributed by atoms with Gasteiger partial charge in [-0.2, -0.15) is 0 Å². The van der Waals surface area contributed by atoms with Gasteiger partial charge in [-0.15, -0.1) is 0 Å². The third-order valence-corrected chi connectivity index (χ3v) is 4.43. The molecule has 0 radical (unpaired) electrons. The number of rotatable bonds is 1. The molecule has 3 rings (SSSR count). The SMILES string of the molecule is O=C(c1cc(F)cnc1Cl)N1CCCN2CCCC2C1. The summed E-state index contributed by atoms with van der Waals surface area (Å²) in [5.41, 5.74) is 0.165. The minimum atomic E-state index is -0.532. The number of carbonyl (C=O) groups excluding carboxylic acids is 1. The molecule has 2 saturated heterocycles.